The molecule has 0 aliphatic carbocycles. The van der Waals surface area contributed by atoms with E-state index in [0.29, 0.717) is 0 Å². The van der Waals surface area contributed by atoms with Crippen molar-refractivity contribution in [3.8, 4) is 0 Å². The topological polar surface area (TPSA) is 21.3 Å². The van der Waals surface area contributed by atoms with Gasteiger partial charge in [-0.3, -0.25) is 0 Å². The van der Waals surface area contributed by atoms with Crippen LogP contribution < -0.4 is 5.32 Å². The summed E-state index contributed by atoms with van der Waals surface area (Å²) in [6.07, 6.45) is 2.48. The molecule has 1 unspecified atom stereocenters. The minimum atomic E-state index is 0.785. The fourth-order valence-electron chi connectivity index (χ4n) is 1.78. The molecule has 0 bridgehead atoms. The number of hydrogen-bond donors (Lipinski definition) is 1. The van der Waals surface area contributed by atoms with Crippen LogP contribution in [0.25, 0.3) is 0 Å². The van der Waals surface area contributed by atoms with Crippen molar-refractivity contribution in [3.05, 3.63) is 20.8 Å². The van der Waals surface area contributed by atoms with E-state index in [1.54, 1.807) is 11.3 Å². The van der Waals surface area contributed by atoms with E-state index >= 15 is 0 Å². The zero-order valence-electron chi connectivity index (χ0n) is 8.67. The first kappa shape index (κ1) is 11.6. The van der Waals surface area contributed by atoms with Crippen molar-refractivity contribution in [1.82, 2.24) is 5.32 Å². The third-order valence-electron chi connectivity index (χ3n) is 2.68. The molecule has 4 heteroatoms. The van der Waals surface area contributed by atoms with Gasteiger partial charge in [-0.1, -0.05) is 0 Å². The molecule has 1 aliphatic heterocycles. The standard InChI is InChI=1S/C11H16BrNOS/c12-11-2-1-10(15-11)7-13-5-3-9-4-6-14-8-9/h1-2,9,13H,3-8H2. The zero-order chi connectivity index (χ0) is 10.5. The first-order chi connectivity index (χ1) is 7.34. The van der Waals surface area contributed by atoms with E-state index in [-0.39, 0.29) is 0 Å². The molecule has 1 aliphatic rings. The molecule has 2 nitrogen and oxygen atoms in total. The van der Waals surface area contributed by atoms with Crippen LogP contribution in [-0.2, 0) is 11.3 Å². The van der Waals surface area contributed by atoms with Crippen molar-refractivity contribution >= 4 is 27.3 Å². The van der Waals surface area contributed by atoms with E-state index in [0.717, 1.165) is 32.2 Å². The fraction of sp³-hybridized carbons (Fsp3) is 0.636. The van der Waals surface area contributed by atoms with Crippen molar-refractivity contribution < 1.29 is 4.74 Å². The lowest BCUT2D eigenvalue weighted by atomic mass is 10.1. The molecule has 2 rings (SSSR count). The van der Waals surface area contributed by atoms with Crippen LogP contribution in [0.15, 0.2) is 15.9 Å². The Kier molecular flexibility index (Phi) is 4.62. The number of ether oxygens (including phenoxy) is 1. The van der Waals surface area contributed by atoms with Crippen LogP contribution in [0.5, 0.6) is 0 Å². The largest absolute Gasteiger partial charge is 0.381 e. The maximum absolute atomic E-state index is 5.34. The van der Waals surface area contributed by atoms with Crippen molar-refractivity contribution in [2.24, 2.45) is 5.92 Å². The normalized spacial score (nSPS) is 21.0. The number of rotatable bonds is 5. The summed E-state index contributed by atoms with van der Waals surface area (Å²) in [5, 5.41) is 3.48. The molecule has 84 valence electrons. The van der Waals surface area contributed by atoms with Crippen LogP contribution >= 0.6 is 27.3 Å². The average Bonchev–Trinajstić information content (AvgIpc) is 2.84. The molecule has 0 aromatic carbocycles. The van der Waals surface area contributed by atoms with E-state index in [1.807, 2.05) is 0 Å². The van der Waals surface area contributed by atoms with Crippen molar-refractivity contribution in [1.29, 1.82) is 0 Å². The Morgan fingerprint density at radius 1 is 1.53 bits per heavy atom. The Morgan fingerprint density at radius 2 is 2.47 bits per heavy atom. The zero-order valence-corrected chi connectivity index (χ0v) is 11.1. The van der Waals surface area contributed by atoms with Gasteiger partial charge in [0.1, 0.15) is 0 Å². The van der Waals surface area contributed by atoms with Crippen LogP contribution in [-0.4, -0.2) is 19.8 Å². The van der Waals surface area contributed by atoms with E-state index < -0.39 is 0 Å². The summed E-state index contributed by atoms with van der Waals surface area (Å²) in [6, 6.07) is 4.27. The van der Waals surface area contributed by atoms with Gasteiger partial charge < -0.3 is 10.1 Å². The maximum Gasteiger partial charge on any atom is 0.0701 e. The second-order valence-electron chi connectivity index (χ2n) is 3.90. The number of nitrogens with one attached hydrogen (secondary N) is 1. The van der Waals surface area contributed by atoms with Crippen LogP contribution in [0.2, 0.25) is 0 Å². The molecule has 2 heterocycles. The quantitative estimate of drug-likeness (QED) is 0.842. The van der Waals surface area contributed by atoms with E-state index in [9.17, 15) is 0 Å². The van der Waals surface area contributed by atoms with Gasteiger partial charge >= 0.3 is 0 Å². The first-order valence-corrected chi connectivity index (χ1v) is 6.98. The van der Waals surface area contributed by atoms with Crippen LogP contribution in [0.4, 0.5) is 0 Å². The molecule has 1 aromatic rings. The van der Waals surface area contributed by atoms with Gasteiger partial charge in [-0.15, -0.1) is 11.3 Å². The van der Waals surface area contributed by atoms with E-state index in [1.165, 1.54) is 21.5 Å². The summed E-state index contributed by atoms with van der Waals surface area (Å²) >= 11 is 5.27. The minimum absolute atomic E-state index is 0.785. The highest BCUT2D eigenvalue weighted by atomic mass is 79.9. The highest BCUT2D eigenvalue weighted by molar-refractivity contribution is 9.11. The van der Waals surface area contributed by atoms with Gasteiger partial charge in [-0.05, 0) is 53.4 Å². The molecule has 1 saturated heterocycles. The Morgan fingerprint density at radius 3 is 3.13 bits per heavy atom. The van der Waals surface area contributed by atoms with Gasteiger partial charge in [-0.2, -0.15) is 0 Å². The molecule has 0 radical (unpaired) electrons. The first-order valence-electron chi connectivity index (χ1n) is 5.37. The molecular weight excluding hydrogens is 274 g/mol. The predicted molar refractivity (Wildman–Crippen MR) is 67.3 cm³/mol. The lowest BCUT2D eigenvalue weighted by Gasteiger charge is -2.07. The van der Waals surface area contributed by atoms with Gasteiger partial charge in [0.15, 0.2) is 0 Å². The van der Waals surface area contributed by atoms with Crippen molar-refractivity contribution in [2.75, 3.05) is 19.8 Å². The molecule has 1 N–H and O–H groups in total. The summed E-state index contributed by atoms with van der Waals surface area (Å²) < 4.78 is 6.56. The van der Waals surface area contributed by atoms with Gasteiger partial charge in [0.05, 0.1) is 3.79 Å². The van der Waals surface area contributed by atoms with Gasteiger partial charge in [0, 0.05) is 24.6 Å². The summed E-state index contributed by atoms with van der Waals surface area (Å²) in [5.74, 6) is 0.785. The van der Waals surface area contributed by atoms with Crippen LogP contribution in [0.1, 0.15) is 17.7 Å². The molecule has 1 aromatic heterocycles. The summed E-state index contributed by atoms with van der Waals surface area (Å²) in [7, 11) is 0. The number of thiophene rings is 1. The van der Waals surface area contributed by atoms with Crippen LogP contribution in [0, 0.1) is 5.92 Å². The predicted octanol–water partition coefficient (Wildman–Crippen LogP) is 3.03. The highest BCUT2D eigenvalue weighted by Crippen LogP contribution is 2.21. The lowest BCUT2D eigenvalue weighted by Crippen LogP contribution is -2.17. The average molecular weight is 290 g/mol. The Balaban J connectivity index is 1.58. The third kappa shape index (κ3) is 3.87. The molecule has 0 saturated carbocycles. The minimum Gasteiger partial charge on any atom is -0.381 e. The molecule has 0 amide bonds. The molecular formula is C11H16BrNOS. The monoisotopic (exact) mass is 289 g/mol. The molecule has 1 fully saturated rings. The van der Waals surface area contributed by atoms with Crippen molar-refractivity contribution in [2.45, 2.75) is 19.4 Å². The Labute approximate surface area is 103 Å². The number of halogens is 1. The SMILES string of the molecule is Brc1ccc(CNCCC2CCOC2)s1. The van der Waals surface area contributed by atoms with Gasteiger partial charge in [-0.25, -0.2) is 0 Å². The Hall–Kier alpha value is 0.1000. The fourth-order valence-corrected chi connectivity index (χ4v) is 3.23. The van der Waals surface area contributed by atoms with Gasteiger partial charge in [0.2, 0.25) is 0 Å². The summed E-state index contributed by atoms with van der Waals surface area (Å²) in [6.45, 7) is 4.02. The highest BCUT2D eigenvalue weighted by Gasteiger charge is 2.14. The molecule has 1 atom stereocenters. The summed E-state index contributed by atoms with van der Waals surface area (Å²) in [5.41, 5.74) is 0. The third-order valence-corrected chi connectivity index (χ3v) is 4.31. The second kappa shape index (κ2) is 5.99. The van der Waals surface area contributed by atoms with Crippen molar-refractivity contribution in [3.63, 3.8) is 0 Å². The summed E-state index contributed by atoms with van der Waals surface area (Å²) in [4.78, 5) is 1.39. The lowest BCUT2D eigenvalue weighted by molar-refractivity contribution is 0.184. The molecule has 0 spiro atoms. The smallest absolute Gasteiger partial charge is 0.0701 e. The van der Waals surface area contributed by atoms with Crippen LogP contribution in [0.3, 0.4) is 0 Å². The maximum atomic E-state index is 5.34. The Bertz CT molecular complexity index is 297. The second-order valence-corrected chi connectivity index (χ2v) is 6.45. The van der Waals surface area contributed by atoms with E-state index in [4.69, 9.17) is 4.74 Å². The molecule has 15 heavy (non-hydrogen) atoms. The number of hydrogen-bond acceptors (Lipinski definition) is 3. The van der Waals surface area contributed by atoms with E-state index in [2.05, 4.69) is 33.4 Å². The van der Waals surface area contributed by atoms with Gasteiger partial charge in [0.25, 0.3) is 0 Å².